The van der Waals surface area contributed by atoms with Gasteiger partial charge in [0, 0.05) is 18.3 Å². The van der Waals surface area contributed by atoms with Crippen LogP contribution in [0.1, 0.15) is 16.1 Å². The molecular formula is C19H14N6O3. The molecule has 9 nitrogen and oxygen atoms in total. The van der Waals surface area contributed by atoms with Gasteiger partial charge in [-0.1, -0.05) is 23.4 Å². The van der Waals surface area contributed by atoms with E-state index >= 15 is 0 Å². The molecule has 28 heavy (non-hydrogen) atoms. The van der Waals surface area contributed by atoms with Crippen molar-refractivity contribution < 1.29 is 9.72 Å². The number of hydrogen-bond donors (Lipinski definition) is 0. The van der Waals surface area contributed by atoms with Crippen molar-refractivity contribution in [3.05, 3.63) is 82.2 Å². The van der Waals surface area contributed by atoms with Gasteiger partial charge >= 0.3 is 0 Å². The van der Waals surface area contributed by atoms with Crippen molar-refractivity contribution in [2.45, 2.75) is 6.92 Å². The van der Waals surface area contributed by atoms with E-state index in [4.69, 9.17) is 0 Å². The Morgan fingerprint density at radius 1 is 1.00 bits per heavy atom. The van der Waals surface area contributed by atoms with Gasteiger partial charge in [0.15, 0.2) is 6.29 Å². The highest BCUT2D eigenvalue weighted by molar-refractivity contribution is 5.85. The smallest absolute Gasteiger partial charge is 0.269 e. The molecule has 9 heteroatoms. The zero-order valence-corrected chi connectivity index (χ0v) is 14.8. The molecule has 2 aromatic heterocycles. The summed E-state index contributed by atoms with van der Waals surface area (Å²) in [6.45, 7) is 1.80. The van der Waals surface area contributed by atoms with E-state index in [0.717, 1.165) is 12.0 Å². The molecule has 0 atom stereocenters. The van der Waals surface area contributed by atoms with Crippen molar-refractivity contribution in [1.82, 2.24) is 24.8 Å². The molecule has 4 rings (SSSR count). The van der Waals surface area contributed by atoms with Crippen molar-refractivity contribution in [2.24, 2.45) is 0 Å². The van der Waals surface area contributed by atoms with Crippen LogP contribution in [0.25, 0.3) is 22.8 Å². The van der Waals surface area contributed by atoms with Crippen molar-refractivity contribution >= 4 is 12.0 Å². The van der Waals surface area contributed by atoms with E-state index in [1.165, 1.54) is 12.1 Å². The lowest BCUT2D eigenvalue weighted by Gasteiger charge is -2.03. The first kappa shape index (κ1) is 17.3. The van der Waals surface area contributed by atoms with Gasteiger partial charge in [-0.05, 0) is 31.2 Å². The number of nitro benzene ring substituents is 1. The summed E-state index contributed by atoms with van der Waals surface area (Å²) in [5.74, 6) is 0. The summed E-state index contributed by atoms with van der Waals surface area (Å²) in [5, 5.41) is 23.6. The Kier molecular flexibility index (Phi) is 4.24. The van der Waals surface area contributed by atoms with Crippen LogP contribution in [0.2, 0.25) is 0 Å². The maximum atomic E-state index is 11.6. The summed E-state index contributed by atoms with van der Waals surface area (Å²) in [6, 6.07) is 15.4. The van der Waals surface area contributed by atoms with Gasteiger partial charge in [-0.3, -0.25) is 14.9 Å². The van der Waals surface area contributed by atoms with E-state index in [1.807, 2.05) is 30.3 Å². The van der Waals surface area contributed by atoms with E-state index in [9.17, 15) is 14.9 Å². The topological polar surface area (TPSA) is 109 Å². The van der Waals surface area contributed by atoms with Crippen LogP contribution in [0.3, 0.4) is 0 Å². The fourth-order valence-electron chi connectivity index (χ4n) is 2.88. The Hall–Kier alpha value is -4.14. The maximum Gasteiger partial charge on any atom is 0.269 e. The summed E-state index contributed by atoms with van der Waals surface area (Å²) < 4.78 is 3.17. The fourth-order valence-corrected chi connectivity index (χ4v) is 2.88. The third-order valence-corrected chi connectivity index (χ3v) is 4.31. The first-order chi connectivity index (χ1) is 13.6. The number of benzene rings is 2. The van der Waals surface area contributed by atoms with Crippen LogP contribution in [0.4, 0.5) is 5.69 Å². The molecule has 0 aliphatic carbocycles. The number of rotatable bonds is 5. The van der Waals surface area contributed by atoms with E-state index in [1.54, 1.807) is 34.6 Å². The highest BCUT2D eigenvalue weighted by Gasteiger charge is 2.19. The Labute approximate surface area is 159 Å². The SMILES string of the molecule is Cc1c(-c2nn(-c3ccccc3)cc2C=O)nnn1-c1ccc([N+](=O)[O-])cc1. The second-order valence-electron chi connectivity index (χ2n) is 6.04. The van der Waals surface area contributed by atoms with Gasteiger partial charge in [0.25, 0.3) is 5.69 Å². The molecule has 0 fully saturated rings. The average Bonchev–Trinajstić information content (AvgIpc) is 3.32. The molecule has 4 aromatic rings. The Morgan fingerprint density at radius 2 is 1.71 bits per heavy atom. The van der Waals surface area contributed by atoms with Crippen LogP contribution in [0.5, 0.6) is 0 Å². The van der Waals surface area contributed by atoms with Crippen molar-refractivity contribution in [3.8, 4) is 22.8 Å². The predicted molar refractivity (Wildman–Crippen MR) is 101 cm³/mol. The number of nitro groups is 1. The average molecular weight is 374 g/mol. The third-order valence-electron chi connectivity index (χ3n) is 4.31. The number of hydrogen-bond acceptors (Lipinski definition) is 6. The Morgan fingerprint density at radius 3 is 2.36 bits per heavy atom. The van der Waals surface area contributed by atoms with Crippen LogP contribution in [-0.2, 0) is 0 Å². The highest BCUT2D eigenvalue weighted by atomic mass is 16.6. The summed E-state index contributed by atoms with van der Waals surface area (Å²) in [4.78, 5) is 21.9. The normalized spacial score (nSPS) is 10.8. The first-order valence-electron chi connectivity index (χ1n) is 8.36. The van der Waals surface area contributed by atoms with E-state index in [-0.39, 0.29) is 5.69 Å². The van der Waals surface area contributed by atoms with Gasteiger partial charge in [0.2, 0.25) is 0 Å². The number of carbonyl (C=O) groups is 1. The third kappa shape index (κ3) is 2.94. The molecule has 2 heterocycles. The highest BCUT2D eigenvalue weighted by Crippen LogP contribution is 2.25. The monoisotopic (exact) mass is 374 g/mol. The molecule has 2 aromatic carbocycles. The summed E-state index contributed by atoms with van der Waals surface area (Å²) >= 11 is 0. The van der Waals surface area contributed by atoms with Crippen molar-refractivity contribution in [2.75, 3.05) is 0 Å². The maximum absolute atomic E-state index is 11.6. The second kappa shape index (κ2) is 6.88. The Bertz CT molecular complexity index is 1160. The van der Waals surface area contributed by atoms with Crippen LogP contribution >= 0.6 is 0 Å². The first-order valence-corrected chi connectivity index (χ1v) is 8.36. The lowest BCUT2D eigenvalue weighted by Crippen LogP contribution is -2.00. The van der Waals surface area contributed by atoms with E-state index in [2.05, 4.69) is 15.4 Å². The quantitative estimate of drug-likeness (QED) is 0.302. The molecule has 0 spiro atoms. The number of aldehydes is 1. The van der Waals surface area contributed by atoms with Gasteiger partial charge < -0.3 is 0 Å². The zero-order chi connectivity index (χ0) is 19.7. The molecule has 0 saturated carbocycles. The van der Waals surface area contributed by atoms with Crippen LogP contribution < -0.4 is 0 Å². The van der Waals surface area contributed by atoms with E-state index < -0.39 is 4.92 Å². The largest absolute Gasteiger partial charge is 0.298 e. The molecule has 138 valence electrons. The van der Waals surface area contributed by atoms with Gasteiger partial charge in [0.1, 0.15) is 11.4 Å². The van der Waals surface area contributed by atoms with Crippen molar-refractivity contribution in [3.63, 3.8) is 0 Å². The number of non-ortho nitro benzene ring substituents is 1. The molecule has 0 N–H and O–H groups in total. The van der Waals surface area contributed by atoms with Gasteiger partial charge in [0.05, 0.1) is 27.6 Å². The number of carbonyl (C=O) groups excluding carboxylic acids is 1. The summed E-state index contributed by atoms with van der Waals surface area (Å²) in [6.07, 6.45) is 2.37. The number of aromatic nitrogens is 5. The van der Waals surface area contributed by atoms with E-state index in [0.29, 0.717) is 28.3 Å². The number of nitrogens with zero attached hydrogens (tertiary/aromatic N) is 6. The molecular weight excluding hydrogens is 360 g/mol. The minimum atomic E-state index is -0.462. The Balaban J connectivity index is 1.76. The van der Waals surface area contributed by atoms with Crippen molar-refractivity contribution in [1.29, 1.82) is 0 Å². The zero-order valence-electron chi connectivity index (χ0n) is 14.8. The van der Waals surface area contributed by atoms with Crippen LogP contribution in [0.15, 0.2) is 60.8 Å². The van der Waals surface area contributed by atoms with Crippen LogP contribution in [-0.4, -0.2) is 36.0 Å². The molecule has 0 aliphatic rings. The van der Waals surface area contributed by atoms with Gasteiger partial charge in [-0.2, -0.15) is 5.10 Å². The standard InChI is InChI=1S/C19H14N6O3/c1-13-18(20-22-24(13)16-7-9-17(10-8-16)25(27)28)19-14(12-26)11-23(21-19)15-5-3-2-4-6-15/h2-12H,1H3. The molecule has 0 radical (unpaired) electrons. The van der Waals surface area contributed by atoms with Gasteiger partial charge in [-0.15, -0.1) is 5.10 Å². The number of para-hydroxylation sites is 1. The fraction of sp³-hybridized carbons (Fsp3) is 0.0526. The minimum absolute atomic E-state index is 0.00779. The van der Waals surface area contributed by atoms with Crippen LogP contribution in [0, 0.1) is 17.0 Å². The molecule has 0 aliphatic heterocycles. The summed E-state index contributed by atoms with van der Waals surface area (Å²) in [5.41, 5.74) is 3.37. The lowest BCUT2D eigenvalue weighted by molar-refractivity contribution is -0.384. The molecule has 0 bridgehead atoms. The lowest BCUT2D eigenvalue weighted by atomic mass is 10.2. The second-order valence-corrected chi connectivity index (χ2v) is 6.04. The minimum Gasteiger partial charge on any atom is -0.298 e. The predicted octanol–water partition coefficient (Wildman–Crippen LogP) is 3.15. The van der Waals surface area contributed by atoms with Gasteiger partial charge in [-0.25, -0.2) is 9.36 Å². The molecule has 0 unspecified atom stereocenters. The molecule has 0 amide bonds. The summed E-state index contributed by atoms with van der Waals surface area (Å²) in [7, 11) is 0. The molecule has 0 saturated heterocycles.